The van der Waals surface area contributed by atoms with Crippen LogP contribution in [-0.4, -0.2) is 32.7 Å². The van der Waals surface area contributed by atoms with Crippen molar-refractivity contribution in [2.45, 2.75) is 18.4 Å². The summed E-state index contributed by atoms with van der Waals surface area (Å²) >= 11 is 1.07. The molecule has 0 aliphatic carbocycles. The summed E-state index contributed by atoms with van der Waals surface area (Å²) in [5.41, 5.74) is 1.65. The number of ether oxygens (including phenoxy) is 1. The summed E-state index contributed by atoms with van der Waals surface area (Å²) in [5.74, 6) is -0.799. The molecule has 5 aromatic carbocycles. The van der Waals surface area contributed by atoms with Crippen LogP contribution in [0.2, 0.25) is 0 Å². The minimum atomic E-state index is -3.03. The van der Waals surface area contributed by atoms with Gasteiger partial charge in [0, 0.05) is 12.4 Å². The van der Waals surface area contributed by atoms with E-state index >= 15 is 0 Å². The summed E-state index contributed by atoms with van der Waals surface area (Å²) in [7, 11) is 0. The molecule has 1 saturated heterocycles. The molecule has 0 spiro atoms. The summed E-state index contributed by atoms with van der Waals surface area (Å²) < 4.78 is 6.07. The standard InChI is InChI=1S/C37H30NO4PS/c39-33-26-34(44-37(41)29-18-8-2-9-19-29)38(33)35(36(40)42-27-28-16-6-1-7-17-28)43(30-20-10-3-11-21-30,31-22-12-4-13-23-31)32-24-14-5-15-25-32/h1-25,34H,26-27H2. The van der Waals surface area contributed by atoms with Crippen LogP contribution in [0.15, 0.2) is 152 Å². The number of amides is 1. The maximum Gasteiger partial charge on any atom is 0.356 e. The van der Waals surface area contributed by atoms with Crippen molar-refractivity contribution in [3.63, 3.8) is 0 Å². The number of β-lactam (4-membered cyclic amide) rings is 1. The molecule has 1 aliphatic heterocycles. The Bertz CT molecular complexity index is 1710. The Balaban J connectivity index is 1.61. The summed E-state index contributed by atoms with van der Waals surface area (Å²) in [4.78, 5) is 43.3. The number of thioether (sulfide) groups is 1. The molecule has 6 rings (SSSR count). The molecule has 0 saturated carbocycles. The number of hydrogen-bond donors (Lipinski definition) is 0. The third-order valence-corrected chi connectivity index (χ3v) is 12.9. The molecule has 1 amide bonds. The maximum atomic E-state index is 14.6. The molecule has 218 valence electrons. The Kier molecular flexibility index (Phi) is 8.92. The van der Waals surface area contributed by atoms with Crippen LogP contribution in [0.5, 0.6) is 0 Å². The number of carbonyl (C=O) groups excluding carboxylic acids is 3. The average Bonchev–Trinajstić information content (AvgIpc) is 3.09. The molecule has 5 nitrogen and oxygen atoms in total. The lowest BCUT2D eigenvalue weighted by atomic mass is 10.2. The molecule has 0 aromatic heterocycles. The predicted octanol–water partition coefficient (Wildman–Crippen LogP) is 5.99. The third-order valence-electron chi connectivity index (χ3n) is 7.53. The molecule has 0 bridgehead atoms. The molecular weight excluding hydrogens is 585 g/mol. The SMILES string of the molecule is O=C(OCc1ccccc1)C(N1C(=O)CC1SC(=O)c1ccccc1)=P(c1ccccc1)(c1ccccc1)c1ccccc1. The van der Waals surface area contributed by atoms with Gasteiger partial charge in [-0.15, -0.1) is 0 Å². The summed E-state index contributed by atoms with van der Waals surface area (Å²) in [6.45, 7) is -2.98. The van der Waals surface area contributed by atoms with Crippen LogP contribution in [0.3, 0.4) is 0 Å². The minimum absolute atomic E-state index is 0.0460. The zero-order valence-electron chi connectivity index (χ0n) is 23.9. The van der Waals surface area contributed by atoms with Crippen LogP contribution in [0, 0.1) is 0 Å². The fraction of sp³-hybridized carbons (Fsp3) is 0.0811. The maximum absolute atomic E-state index is 14.6. The molecular formula is C37H30NO4PS. The fourth-order valence-corrected chi connectivity index (χ4v) is 11.0. The highest BCUT2D eigenvalue weighted by Gasteiger charge is 2.48. The monoisotopic (exact) mass is 615 g/mol. The Labute approximate surface area is 261 Å². The normalized spacial score (nSPS) is 14.4. The first-order valence-corrected chi connectivity index (χ1v) is 17.0. The lowest BCUT2D eigenvalue weighted by Crippen LogP contribution is -2.58. The molecule has 1 unspecified atom stereocenters. The van der Waals surface area contributed by atoms with Crippen LogP contribution >= 0.6 is 18.6 Å². The van der Waals surface area contributed by atoms with Crippen molar-refractivity contribution in [2.75, 3.05) is 0 Å². The van der Waals surface area contributed by atoms with Gasteiger partial charge in [0.2, 0.25) is 11.0 Å². The molecule has 1 atom stereocenters. The molecule has 7 heteroatoms. The van der Waals surface area contributed by atoms with E-state index in [1.165, 1.54) is 0 Å². The highest BCUT2D eigenvalue weighted by atomic mass is 32.2. The number of rotatable bonds is 9. The first-order chi connectivity index (χ1) is 21.6. The van der Waals surface area contributed by atoms with E-state index in [-0.39, 0.29) is 29.5 Å². The number of esters is 1. The van der Waals surface area contributed by atoms with Crippen LogP contribution in [0.25, 0.3) is 0 Å². The second kappa shape index (κ2) is 13.3. The van der Waals surface area contributed by atoms with Gasteiger partial charge < -0.3 is 4.74 Å². The van der Waals surface area contributed by atoms with Crippen molar-refractivity contribution >= 4 is 57.0 Å². The molecule has 0 N–H and O–H groups in total. The van der Waals surface area contributed by atoms with Crippen molar-refractivity contribution in [1.82, 2.24) is 4.90 Å². The largest absolute Gasteiger partial charge is 0.456 e. The van der Waals surface area contributed by atoms with Crippen LogP contribution in [0.1, 0.15) is 22.3 Å². The highest BCUT2D eigenvalue weighted by Crippen LogP contribution is 2.49. The molecule has 1 aliphatic rings. The highest BCUT2D eigenvalue weighted by molar-refractivity contribution is 8.14. The Morgan fingerprint density at radius 3 is 1.55 bits per heavy atom. The van der Waals surface area contributed by atoms with E-state index < -0.39 is 18.2 Å². The van der Waals surface area contributed by atoms with Gasteiger partial charge in [0.15, 0.2) is 0 Å². The summed E-state index contributed by atoms with van der Waals surface area (Å²) in [6.07, 6.45) is 0.136. The average molecular weight is 616 g/mol. The van der Waals surface area contributed by atoms with E-state index in [0.717, 1.165) is 33.2 Å². The van der Waals surface area contributed by atoms with Gasteiger partial charge in [-0.3, -0.25) is 14.5 Å². The van der Waals surface area contributed by atoms with E-state index in [2.05, 4.69) is 0 Å². The van der Waals surface area contributed by atoms with Gasteiger partial charge in [-0.2, -0.15) is 0 Å². The van der Waals surface area contributed by atoms with Gasteiger partial charge in [-0.25, -0.2) is 4.79 Å². The molecule has 0 radical (unpaired) electrons. The van der Waals surface area contributed by atoms with Gasteiger partial charge in [-0.05, 0) is 21.5 Å². The number of hydrogen-bond acceptors (Lipinski definition) is 5. The van der Waals surface area contributed by atoms with Gasteiger partial charge in [0.05, 0.1) is 11.8 Å². The number of benzene rings is 5. The van der Waals surface area contributed by atoms with E-state index in [0.29, 0.717) is 5.56 Å². The first-order valence-electron chi connectivity index (χ1n) is 14.3. The zero-order valence-corrected chi connectivity index (χ0v) is 25.6. The van der Waals surface area contributed by atoms with Gasteiger partial charge in [-0.1, -0.05) is 163 Å². The van der Waals surface area contributed by atoms with Gasteiger partial charge in [0.1, 0.15) is 12.0 Å². The fourth-order valence-electron chi connectivity index (χ4n) is 5.46. The first kappa shape index (κ1) is 29.4. The third kappa shape index (κ3) is 5.79. The lowest BCUT2D eigenvalue weighted by Gasteiger charge is -2.44. The van der Waals surface area contributed by atoms with Crippen molar-refractivity contribution in [3.8, 4) is 0 Å². The number of carbonyl (C=O) groups is 3. The van der Waals surface area contributed by atoms with Crippen molar-refractivity contribution in [2.24, 2.45) is 0 Å². The Hall–Kier alpha value is -4.64. The second-order valence-corrected chi connectivity index (χ2v) is 14.7. The van der Waals surface area contributed by atoms with E-state index in [1.54, 1.807) is 17.0 Å². The number of nitrogens with zero attached hydrogens (tertiary/aromatic N) is 1. The van der Waals surface area contributed by atoms with Gasteiger partial charge >= 0.3 is 5.97 Å². The summed E-state index contributed by atoms with van der Waals surface area (Å²) in [6, 6.07) is 48.1. The van der Waals surface area contributed by atoms with Gasteiger partial charge in [0.25, 0.3) is 0 Å². The van der Waals surface area contributed by atoms with Crippen LogP contribution in [0.4, 0.5) is 0 Å². The topological polar surface area (TPSA) is 63.7 Å². The quantitative estimate of drug-likeness (QED) is 0.116. The smallest absolute Gasteiger partial charge is 0.356 e. The Morgan fingerprint density at radius 2 is 1.09 bits per heavy atom. The predicted molar refractivity (Wildman–Crippen MR) is 180 cm³/mol. The van der Waals surface area contributed by atoms with Crippen LogP contribution < -0.4 is 15.9 Å². The minimum Gasteiger partial charge on any atom is -0.456 e. The van der Waals surface area contributed by atoms with E-state index in [1.807, 2.05) is 140 Å². The van der Waals surface area contributed by atoms with Crippen molar-refractivity contribution in [1.29, 1.82) is 0 Å². The van der Waals surface area contributed by atoms with Crippen LogP contribution in [-0.2, 0) is 20.9 Å². The Morgan fingerprint density at radius 1 is 0.659 bits per heavy atom. The molecule has 44 heavy (non-hydrogen) atoms. The molecule has 1 fully saturated rings. The summed E-state index contributed by atoms with van der Waals surface area (Å²) in [5, 5.41) is 1.99. The molecule has 5 aromatic rings. The van der Waals surface area contributed by atoms with Crippen molar-refractivity contribution in [3.05, 3.63) is 163 Å². The lowest BCUT2D eigenvalue weighted by molar-refractivity contribution is -0.142. The van der Waals surface area contributed by atoms with Crippen molar-refractivity contribution < 1.29 is 19.1 Å². The van der Waals surface area contributed by atoms with E-state index in [4.69, 9.17) is 4.74 Å². The molecule has 1 heterocycles. The van der Waals surface area contributed by atoms with E-state index in [9.17, 15) is 14.4 Å². The zero-order chi connectivity index (χ0) is 30.4. The second-order valence-electron chi connectivity index (χ2n) is 10.3. The number of likely N-dealkylation sites (tertiary alicyclic amines) is 1.